The van der Waals surface area contributed by atoms with E-state index in [-0.39, 0.29) is 16.7 Å². The maximum Gasteiger partial charge on any atom is 0.243 e. The lowest BCUT2D eigenvalue weighted by atomic mass is 9.67. The molecule has 0 aromatic heterocycles. The van der Waals surface area contributed by atoms with Gasteiger partial charge in [-0.15, -0.1) is 23.5 Å². The van der Waals surface area contributed by atoms with E-state index in [9.17, 15) is 13.2 Å². The summed E-state index contributed by atoms with van der Waals surface area (Å²) in [5.41, 5.74) is 0.564. The Morgan fingerprint density at radius 1 is 1.10 bits per heavy atom. The van der Waals surface area contributed by atoms with Gasteiger partial charge in [-0.05, 0) is 55.7 Å². The third-order valence-electron chi connectivity index (χ3n) is 7.20. The summed E-state index contributed by atoms with van der Waals surface area (Å²) in [5, 5.41) is 3.04. The molecule has 31 heavy (non-hydrogen) atoms. The van der Waals surface area contributed by atoms with Crippen molar-refractivity contribution in [2.75, 3.05) is 43.1 Å². The zero-order valence-corrected chi connectivity index (χ0v) is 20.1. The molecule has 5 rings (SSSR count). The van der Waals surface area contributed by atoms with Crippen LogP contribution in [-0.2, 0) is 19.6 Å². The van der Waals surface area contributed by atoms with Crippen LogP contribution in [0.15, 0.2) is 29.2 Å². The lowest BCUT2D eigenvalue weighted by molar-refractivity contribution is -0.122. The molecule has 2 aliphatic heterocycles. The minimum atomic E-state index is -3.58. The summed E-state index contributed by atoms with van der Waals surface area (Å²) in [5.74, 6) is 3.75. The van der Waals surface area contributed by atoms with Gasteiger partial charge in [0.15, 0.2) is 0 Å². The number of ether oxygens (including phenoxy) is 1. The van der Waals surface area contributed by atoms with Crippen LogP contribution in [0.1, 0.15) is 32.1 Å². The fourth-order valence-electron chi connectivity index (χ4n) is 5.74. The van der Waals surface area contributed by atoms with Crippen LogP contribution in [0, 0.1) is 17.8 Å². The number of anilines is 1. The van der Waals surface area contributed by atoms with Crippen LogP contribution < -0.4 is 5.32 Å². The Labute approximate surface area is 193 Å². The first-order valence-electron chi connectivity index (χ1n) is 11.3. The van der Waals surface area contributed by atoms with Gasteiger partial charge in [-0.3, -0.25) is 4.79 Å². The highest BCUT2D eigenvalue weighted by Gasteiger charge is 2.55. The van der Waals surface area contributed by atoms with Crippen LogP contribution in [0.4, 0.5) is 5.69 Å². The van der Waals surface area contributed by atoms with Gasteiger partial charge < -0.3 is 10.1 Å². The first-order valence-corrected chi connectivity index (χ1v) is 14.7. The highest BCUT2D eigenvalue weighted by atomic mass is 32.2. The maximum atomic E-state index is 13.2. The number of amides is 1. The molecule has 2 heterocycles. The number of sulfonamides is 1. The van der Waals surface area contributed by atoms with Crippen LogP contribution in [0.2, 0.25) is 0 Å². The van der Waals surface area contributed by atoms with Gasteiger partial charge in [-0.1, -0.05) is 12.5 Å². The van der Waals surface area contributed by atoms with Crippen LogP contribution in [0.25, 0.3) is 0 Å². The summed E-state index contributed by atoms with van der Waals surface area (Å²) in [7, 11) is -3.58. The second-order valence-corrected chi connectivity index (χ2v) is 13.9. The topological polar surface area (TPSA) is 75.7 Å². The molecule has 6 nitrogen and oxygen atoms in total. The number of hydrogen-bond donors (Lipinski definition) is 1. The SMILES string of the molecule is O=C(Nc1cccc(S(=O)(=O)N2CCOCC2)c1)C1CC2CCCC(C1)C21SCCS1. The van der Waals surface area contributed by atoms with Crippen molar-refractivity contribution in [2.24, 2.45) is 17.8 Å². The fraction of sp³-hybridized carbons (Fsp3) is 0.682. The van der Waals surface area contributed by atoms with E-state index < -0.39 is 10.0 Å². The van der Waals surface area contributed by atoms with Crippen LogP contribution in [0.3, 0.4) is 0 Å². The van der Waals surface area contributed by atoms with Crippen molar-refractivity contribution in [3.05, 3.63) is 24.3 Å². The largest absolute Gasteiger partial charge is 0.379 e. The molecule has 4 fully saturated rings. The highest BCUT2D eigenvalue weighted by molar-refractivity contribution is 8.21. The lowest BCUT2D eigenvalue weighted by Crippen LogP contribution is -2.48. The van der Waals surface area contributed by atoms with Crippen molar-refractivity contribution in [3.8, 4) is 0 Å². The van der Waals surface area contributed by atoms with E-state index in [1.807, 2.05) is 0 Å². The molecule has 0 radical (unpaired) electrons. The second kappa shape index (κ2) is 8.89. The van der Waals surface area contributed by atoms with Gasteiger partial charge in [0.05, 0.1) is 22.2 Å². The molecule has 1 spiro atoms. The van der Waals surface area contributed by atoms with E-state index in [2.05, 4.69) is 28.8 Å². The molecule has 2 aliphatic carbocycles. The van der Waals surface area contributed by atoms with Gasteiger partial charge >= 0.3 is 0 Å². The number of nitrogens with zero attached hydrogens (tertiary/aromatic N) is 1. The number of carbonyl (C=O) groups excluding carboxylic acids is 1. The standard InChI is InChI=1S/C22H30N2O4S3/c25-21(16-13-17-3-1-4-18(14-16)22(17)29-11-12-30-22)23-19-5-2-6-20(15-19)31(26,27)24-7-9-28-10-8-24/h2,5-6,15-18H,1,3-4,7-14H2,(H,23,25). The quantitative estimate of drug-likeness (QED) is 0.706. The molecule has 1 aromatic carbocycles. The van der Waals surface area contributed by atoms with Gasteiger partial charge in [0, 0.05) is 36.2 Å². The zero-order chi connectivity index (χ0) is 21.5. The van der Waals surface area contributed by atoms with E-state index >= 15 is 0 Å². The summed E-state index contributed by atoms with van der Waals surface area (Å²) in [4.78, 5) is 13.4. The van der Waals surface area contributed by atoms with Gasteiger partial charge in [-0.25, -0.2) is 8.42 Å². The average molecular weight is 483 g/mol. The molecule has 1 amide bonds. The second-order valence-electron chi connectivity index (χ2n) is 8.94. The molecule has 2 atom stereocenters. The lowest BCUT2D eigenvalue weighted by Gasteiger charge is -2.52. The van der Waals surface area contributed by atoms with E-state index in [0.29, 0.717) is 47.9 Å². The molecule has 2 saturated heterocycles. The molecular weight excluding hydrogens is 452 g/mol. The molecule has 2 bridgehead atoms. The minimum Gasteiger partial charge on any atom is -0.379 e. The zero-order valence-electron chi connectivity index (χ0n) is 17.6. The predicted octanol–water partition coefficient (Wildman–Crippen LogP) is 3.65. The maximum absolute atomic E-state index is 13.2. The van der Waals surface area contributed by atoms with Crippen molar-refractivity contribution in [2.45, 2.75) is 41.1 Å². The number of nitrogens with one attached hydrogen (secondary N) is 1. The van der Waals surface area contributed by atoms with Gasteiger partial charge in [0.2, 0.25) is 15.9 Å². The first kappa shape index (κ1) is 22.1. The molecule has 1 N–H and O–H groups in total. The smallest absolute Gasteiger partial charge is 0.243 e. The molecule has 4 aliphatic rings. The number of carbonyl (C=O) groups is 1. The number of morpholine rings is 1. The van der Waals surface area contributed by atoms with Crippen molar-refractivity contribution < 1.29 is 17.9 Å². The molecule has 2 unspecified atom stereocenters. The normalized spacial score (nSPS) is 30.9. The Hall–Kier alpha value is -0.740. The van der Waals surface area contributed by atoms with Crippen LogP contribution in [-0.4, -0.2) is 60.5 Å². The Morgan fingerprint density at radius 3 is 2.45 bits per heavy atom. The van der Waals surface area contributed by atoms with Gasteiger partial charge in [-0.2, -0.15) is 4.31 Å². The Kier molecular flexibility index (Phi) is 6.33. The summed E-state index contributed by atoms with van der Waals surface area (Å²) < 4.78 is 33.0. The summed E-state index contributed by atoms with van der Waals surface area (Å²) in [6, 6.07) is 6.68. The van der Waals surface area contributed by atoms with Crippen molar-refractivity contribution in [3.63, 3.8) is 0 Å². The van der Waals surface area contributed by atoms with Crippen LogP contribution >= 0.6 is 23.5 Å². The fourth-order valence-corrected chi connectivity index (χ4v) is 11.1. The Bertz CT molecular complexity index is 910. The van der Waals surface area contributed by atoms with E-state index in [0.717, 1.165) is 12.8 Å². The Morgan fingerprint density at radius 2 is 1.77 bits per heavy atom. The van der Waals surface area contributed by atoms with E-state index in [4.69, 9.17) is 4.74 Å². The number of benzene rings is 1. The summed E-state index contributed by atoms with van der Waals surface area (Å²) in [6.07, 6.45) is 5.65. The van der Waals surface area contributed by atoms with Crippen molar-refractivity contribution >= 4 is 45.1 Å². The highest BCUT2D eigenvalue weighted by Crippen LogP contribution is 2.64. The molecule has 9 heteroatoms. The van der Waals surface area contributed by atoms with Crippen LogP contribution in [0.5, 0.6) is 0 Å². The first-order chi connectivity index (χ1) is 15.0. The molecule has 1 aromatic rings. The number of rotatable bonds is 4. The summed E-state index contributed by atoms with van der Waals surface area (Å²) >= 11 is 4.29. The number of thioether (sulfide) groups is 2. The van der Waals surface area contributed by atoms with E-state index in [1.165, 1.54) is 35.1 Å². The summed E-state index contributed by atoms with van der Waals surface area (Å²) in [6.45, 7) is 1.55. The van der Waals surface area contributed by atoms with Gasteiger partial charge in [0.1, 0.15) is 0 Å². The predicted molar refractivity (Wildman–Crippen MR) is 126 cm³/mol. The van der Waals surface area contributed by atoms with Crippen molar-refractivity contribution in [1.82, 2.24) is 4.31 Å². The molecule has 170 valence electrons. The average Bonchev–Trinajstić information content (AvgIpc) is 3.24. The third-order valence-corrected chi connectivity index (χ3v) is 13.1. The van der Waals surface area contributed by atoms with Gasteiger partial charge in [0.25, 0.3) is 0 Å². The van der Waals surface area contributed by atoms with Crippen molar-refractivity contribution in [1.29, 1.82) is 0 Å². The van der Waals surface area contributed by atoms with E-state index in [1.54, 1.807) is 24.3 Å². The molecule has 2 saturated carbocycles. The minimum absolute atomic E-state index is 0.0160. The Balaban J connectivity index is 1.29. The molecular formula is C22H30N2O4S3. The monoisotopic (exact) mass is 482 g/mol. The number of hydrogen-bond acceptors (Lipinski definition) is 6. The third kappa shape index (κ3) is 4.16.